The quantitative estimate of drug-likeness (QED) is 0.0328. The number of hydrogen-bond donors (Lipinski definition) is 0. The fourth-order valence-corrected chi connectivity index (χ4v) is 16.9. The molecule has 2 rings (SSSR count). The van der Waals surface area contributed by atoms with Crippen LogP contribution in [0, 0.1) is 0 Å². The first-order valence-electron chi connectivity index (χ1n) is 27.1. The van der Waals surface area contributed by atoms with Gasteiger partial charge < -0.3 is 18.9 Å². The number of thioether (sulfide) groups is 6. The summed E-state index contributed by atoms with van der Waals surface area (Å²) in [7, 11) is 0. The molecule has 0 bridgehead atoms. The number of carbonyl (C=O) groups excluding carboxylic acids is 4. The lowest BCUT2D eigenvalue weighted by atomic mass is 10.0. The van der Waals surface area contributed by atoms with Crippen LogP contribution in [0.15, 0.2) is 26.8 Å². The van der Waals surface area contributed by atoms with Gasteiger partial charge >= 0.3 is 23.9 Å². The first-order chi connectivity index (χ1) is 33.3. The summed E-state index contributed by atoms with van der Waals surface area (Å²) >= 11 is 10.6. The normalized spacial score (nSPS) is 13.8. The number of hydrogen-bond acceptors (Lipinski definition) is 14. The molecule has 0 aromatic heterocycles. The Morgan fingerprint density at radius 2 is 0.603 bits per heavy atom. The average Bonchev–Trinajstić information content (AvgIpc) is 3.92. The van der Waals surface area contributed by atoms with Gasteiger partial charge in [-0.1, -0.05) is 254 Å². The van der Waals surface area contributed by atoms with Crippen molar-refractivity contribution in [3.8, 4) is 0 Å². The van der Waals surface area contributed by atoms with Crippen molar-refractivity contribution in [2.45, 2.75) is 246 Å². The van der Waals surface area contributed by atoms with Crippen LogP contribution in [0.25, 0.3) is 0 Å². The van der Waals surface area contributed by atoms with E-state index in [9.17, 15) is 19.2 Å². The lowest BCUT2D eigenvalue weighted by Gasteiger charge is -2.07. The molecule has 68 heavy (non-hydrogen) atoms. The zero-order valence-electron chi connectivity index (χ0n) is 43.0. The number of carbonyl (C=O) groups is 4. The van der Waals surface area contributed by atoms with E-state index in [1.165, 1.54) is 237 Å². The third kappa shape index (κ3) is 33.8. The molecule has 0 N–H and O–H groups in total. The number of rotatable bonds is 46. The van der Waals surface area contributed by atoms with Crippen molar-refractivity contribution in [2.75, 3.05) is 37.9 Å². The first kappa shape index (κ1) is 63.3. The fraction of sp³-hybridized carbons (Fsp3) is 0.815. The zero-order valence-corrected chi connectivity index (χ0v) is 47.9. The van der Waals surface area contributed by atoms with Crippen molar-refractivity contribution in [3.05, 3.63) is 26.8 Å². The van der Waals surface area contributed by atoms with Crippen molar-refractivity contribution in [1.29, 1.82) is 0 Å². The maximum absolute atomic E-state index is 12.9. The van der Waals surface area contributed by atoms with Crippen molar-refractivity contribution in [2.24, 2.45) is 0 Å². The van der Waals surface area contributed by atoms with E-state index in [-0.39, 0.29) is 26.1 Å². The van der Waals surface area contributed by atoms with Crippen LogP contribution in [-0.4, -0.2) is 61.8 Å². The van der Waals surface area contributed by atoms with E-state index in [0.717, 1.165) is 20.0 Å². The van der Waals surface area contributed by atoms with Gasteiger partial charge in [0.2, 0.25) is 0 Å². The second-order valence-corrected chi connectivity index (χ2v) is 25.5. The van der Waals surface area contributed by atoms with Crippen molar-refractivity contribution >= 4 is 94.4 Å². The van der Waals surface area contributed by atoms with Gasteiger partial charge in [0.05, 0.1) is 43.0 Å². The minimum absolute atomic E-state index is 0.0845. The van der Waals surface area contributed by atoms with Crippen molar-refractivity contribution < 1.29 is 38.1 Å². The molecule has 0 aromatic rings. The highest BCUT2D eigenvalue weighted by atomic mass is 32.3. The topological polar surface area (TPSA) is 105 Å². The molecule has 0 aliphatic carbocycles. The lowest BCUT2D eigenvalue weighted by molar-refractivity contribution is -0.158. The Kier molecular flexibility index (Phi) is 41.8. The van der Waals surface area contributed by atoms with Gasteiger partial charge in [0.25, 0.3) is 0 Å². The van der Waals surface area contributed by atoms with Crippen LogP contribution < -0.4 is 0 Å². The van der Waals surface area contributed by atoms with Gasteiger partial charge in [0, 0.05) is 9.81 Å². The summed E-state index contributed by atoms with van der Waals surface area (Å²) in [6.45, 7) is 7.45. The van der Waals surface area contributed by atoms with Gasteiger partial charge in [-0.25, -0.2) is 9.59 Å². The van der Waals surface area contributed by atoms with Crippen LogP contribution in [0.2, 0.25) is 0 Å². The van der Waals surface area contributed by atoms with Crippen molar-refractivity contribution in [1.82, 2.24) is 0 Å². The number of esters is 4. The minimum atomic E-state index is -0.604. The van der Waals surface area contributed by atoms with Gasteiger partial charge in [-0.3, -0.25) is 9.59 Å². The number of ether oxygens (including phenoxy) is 4. The minimum Gasteiger partial charge on any atom is -0.463 e. The van der Waals surface area contributed by atoms with Crippen LogP contribution in [-0.2, 0) is 38.1 Å². The summed E-state index contributed by atoms with van der Waals surface area (Å²) < 4.78 is 25.2. The molecule has 0 saturated carbocycles. The monoisotopic (exact) mass is 1060 g/mol. The maximum Gasteiger partial charge on any atom is 0.344 e. The molecule has 2 heterocycles. The Bertz CT molecular complexity index is 1360. The maximum atomic E-state index is 12.9. The lowest BCUT2D eigenvalue weighted by Crippen LogP contribution is -2.17. The molecule has 8 nitrogen and oxygen atoms in total. The summed E-state index contributed by atoms with van der Waals surface area (Å²) in [5, 5.41) is 0. The van der Waals surface area contributed by atoms with Gasteiger partial charge in [-0.2, -0.15) is 0 Å². The summed E-state index contributed by atoms with van der Waals surface area (Å²) in [5.74, 6) is -0.151. The fourth-order valence-electron chi connectivity index (χ4n) is 7.92. The van der Waals surface area contributed by atoms with E-state index in [2.05, 4.69) is 13.8 Å². The molecule has 0 aromatic carbocycles. The summed E-state index contributed by atoms with van der Waals surface area (Å²) in [6, 6.07) is 0. The summed E-state index contributed by atoms with van der Waals surface area (Å²) in [5.41, 5.74) is 0. The van der Waals surface area contributed by atoms with E-state index in [1.54, 1.807) is 13.8 Å². The molecule has 2 aliphatic heterocycles. The molecule has 0 spiro atoms. The largest absolute Gasteiger partial charge is 0.463 e. The zero-order chi connectivity index (χ0) is 49.1. The predicted molar refractivity (Wildman–Crippen MR) is 300 cm³/mol. The standard InChI is InChI=1S/C54H92O8S6/c1-5-9-11-13-15-17-19-21-23-25-27-29-31-33-35-37-39-63-51-52(64-40-38-36-34-32-30-28-26-24-22-20-18-16-14-12-10-6-2)68-54(67-51)53-65-45(41-47(55)61-43-49(57)59-7-3)46(66-53)42-48(56)62-44-50(58)60-8-4/h5-44H2,1-4H3. The van der Waals surface area contributed by atoms with Crippen LogP contribution in [0.4, 0.5) is 0 Å². The highest BCUT2D eigenvalue weighted by Crippen LogP contribution is 2.64. The summed E-state index contributed by atoms with van der Waals surface area (Å²) in [4.78, 5) is 51.0. The van der Waals surface area contributed by atoms with Gasteiger partial charge in [0.15, 0.2) is 13.2 Å². The molecule has 0 amide bonds. The van der Waals surface area contributed by atoms with E-state index >= 15 is 0 Å². The SMILES string of the molecule is CCCCCCCCCCCCCCCCCCSC1=C(SCCCCCCCCCCCCCCCCCC)SC(=C2SC(CC(=O)OCC(=O)OCC)=C(CC(=O)OCC(=O)OCC)S2)S1. The van der Waals surface area contributed by atoms with E-state index in [4.69, 9.17) is 18.9 Å². The first-order valence-corrected chi connectivity index (χ1v) is 32.3. The molecule has 0 unspecified atom stereocenters. The van der Waals surface area contributed by atoms with Crippen LogP contribution in [0.1, 0.15) is 246 Å². The Balaban J connectivity index is 1.89. The third-order valence-electron chi connectivity index (χ3n) is 11.8. The van der Waals surface area contributed by atoms with Gasteiger partial charge in [-0.05, 0) is 38.2 Å². The molecular weight excluding hydrogens is 969 g/mol. The van der Waals surface area contributed by atoms with E-state index in [0.29, 0.717) is 9.81 Å². The molecule has 0 atom stereocenters. The highest BCUT2D eigenvalue weighted by Gasteiger charge is 2.32. The number of unbranched alkanes of at least 4 members (excludes halogenated alkanes) is 30. The Morgan fingerprint density at radius 3 is 0.882 bits per heavy atom. The molecular formula is C54H92O8S6. The second-order valence-electron chi connectivity index (χ2n) is 18.0. The molecule has 0 fully saturated rings. The Hall–Kier alpha value is -0.800. The molecule has 392 valence electrons. The summed E-state index contributed by atoms with van der Waals surface area (Å²) in [6.07, 6.45) is 43.6. The Morgan fingerprint density at radius 1 is 0.338 bits per heavy atom. The van der Waals surface area contributed by atoms with Gasteiger partial charge in [-0.15, -0.1) is 23.5 Å². The predicted octanol–water partition coefficient (Wildman–Crippen LogP) is 18.4. The third-order valence-corrected chi connectivity index (χ3v) is 20.7. The molecule has 0 saturated heterocycles. The average molecular weight is 1060 g/mol. The smallest absolute Gasteiger partial charge is 0.344 e. The van der Waals surface area contributed by atoms with Crippen LogP contribution in [0.3, 0.4) is 0 Å². The van der Waals surface area contributed by atoms with Crippen LogP contribution in [0.5, 0.6) is 0 Å². The Labute approximate surface area is 440 Å². The van der Waals surface area contributed by atoms with E-state index in [1.807, 2.05) is 47.0 Å². The van der Waals surface area contributed by atoms with E-state index < -0.39 is 37.1 Å². The van der Waals surface area contributed by atoms with Gasteiger partial charge in [0.1, 0.15) is 0 Å². The molecule has 2 aliphatic rings. The molecule has 0 radical (unpaired) electrons. The van der Waals surface area contributed by atoms with Crippen LogP contribution >= 0.6 is 70.6 Å². The highest BCUT2D eigenvalue weighted by molar-refractivity contribution is 8.42. The van der Waals surface area contributed by atoms with Crippen molar-refractivity contribution in [3.63, 3.8) is 0 Å². The second kappa shape index (κ2) is 44.9. The molecule has 14 heteroatoms.